The van der Waals surface area contributed by atoms with Crippen LogP contribution in [0.3, 0.4) is 0 Å². The Hall–Kier alpha value is -1.53. The van der Waals surface area contributed by atoms with Gasteiger partial charge in [-0.25, -0.2) is 0 Å². The Labute approximate surface area is 122 Å². The van der Waals surface area contributed by atoms with E-state index in [1.165, 1.54) is 0 Å². The number of benzene rings is 1. The minimum Gasteiger partial charge on any atom is -0.396 e. The highest BCUT2D eigenvalue weighted by molar-refractivity contribution is 5.79. The van der Waals surface area contributed by atoms with Crippen LogP contribution in [0, 0.1) is 5.92 Å². The fraction of sp³-hybridized carbons (Fsp3) is 0.533. The number of likely N-dealkylation sites (tertiary alicyclic amines) is 1. The molecule has 2 atom stereocenters. The zero-order valence-electron chi connectivity index (χ0n) is 11.7. The maximum absolute atomic E-state index is 12.4. The largest absolute Gasteiger partial charge is 0.396 e. The molecule has 1 fully saturated rings. The van der Waals surface area contributed by atoms with E-state index in [1.54, 1.807) is 0 Å². The Morgan fingerprint density at radius 1 is 1.38 bits per heavy atom. The summed E-state index contributed by atoms with van der Waals surface area (Å²) < 4.78 is 24.7. The van der Waals surface area contributed by atoms with Crippen molar-refractivity contribution in [1.82, 2.24) is 10.2 Å². The number of piperidine rings is 1. The van der Waals surface area contributed by atoms with Crippen LogP contribution in [0.1, 0.15) is 12.0 Å². The number of carbonyl (C=O) groups is 1. The lowest BCUT2D eigenvalue weighted by molar-refractivity contribution is -0.133. The molecular weight excluding hydrogens is 278 g/mol. The molecule has 1 amide bonds. The van der Waals surface area contributed by atoms with Crippen LogP contribution < -0.4 is 5.32 Å². The molecule has 116 valence electrons. The van der Waals surface area contributed by atoms with Crippen molar-refractivity contribution in [2.24, 2.45) is 5.92 Å². The molecule has 2 N–H and O–H groups in total. The van der Waals surface area contributed by atoms with Crippen LogP contribution in [-0.4, -0.2) is 48.1 Å². The number of nitrogens with zero attached hydrogens (tertiary/aromatic N) is 1. The third-order valence-electron chi connectivity index (χ3n) is 3.85. The van der Waals surface area contributed by atoms with Crippen LogP contribution in [0.25, 0.3) is 0 Å². The van der Waals surface area contributed by atoms with Gasteiger partial charge in [0.2, 0.25) is 0 Å². The first-order valence-corrected chi connectivity index (χ1v) is 7.06. The summed E-state index contributed by atoms with van der Waals surface area (Å²) in [5, 5.41) is 11.7. The number of aliphatic hydroxyl groups is 1. The molecule has 0 radical (unpaired) electrons. The van der Waals surface area contributed by atoms with E-state index >= 15 is 0 Å². The predicted octanol–water partition coefficient (Wildman–Crippen LogP) is 1.25. The maximum atomic E-state index is 12.4. The van der Waals surface area contributed by atoms with E-state index in [9.17, 15) is 18.7 Å². The molecular formula is C15H20F2N2O2. The van der Waals surface area contributed by atoms with Crippen LogP contribution in [0.2, 0.25) is 0 Å². The van der Waals surface area contributed by atoms with E-state index in [0.717, 1.165) is 12.1 Å². The van der Waals surface area contributed by atoms with Crippen LogP contribution in [0.15, 0.2) is 30.3 Å². The molecule has 1 aromatic carbocycles. The van der Waals surface area contributed by atoms with E-state index in [0.29, 0.717) is 19.5 Å². The average molecular weight is 298 g/mol. The summed E-state index contributed by atoms with van der Waals surface area (Å²) in [6.45, 7) is 1.85. The van der Waals surface area contributed by atoms with E-state index in [2.05, 4.69) is 10.2 Å². The summed E-state index contributed by atoms with van der Waals surface area (Å²) in [4.78, 5) is 13.3. The molecule has 0 aliphatic carbocycles. The Balaban J connectivity index is 1.96. The highest BCUT2D eigenvalue weighted by Crippen LogP contribution is 2.19. The smallest absolute Gasteiger partial charge is 0.315 e. The quantitative estimate of drug-likeness (QED) is 0.860. The Morgan fingerprint density at radius 3 is 2.71 bits per heavy atom. The van der Waals surface area contributed by atoms with Gasteiger partial charge >= 0.3 is 6.43 Å². The van der Waals surface area contributed by atoms with E-state index < -0.39 is 18.4 Å². The first-order valence-electron chi connectivity index (χ1n) is 7.06. The lowest BCUT2D eigenvalue weighted by Crippen LogP contribution is -2.54. The molecule has 1 aromatic rings. The van der Waals surface area contributed by atoms with Gasteiger partial charge in [-0.2, -0.15) is 8.78 Å². The highest BCUT2D eigenvalue weighted by Gasteiger charge is 2.31. The summed E-state index contributed by atoms with van der Waals surface area (Å²) in [5.74, 6) is -1.43. The van der Waals surface area contributed by atoms with Crippen molar-refractivity contribution in [3.63, 3.8) is 0 Å². The molecule has 6 heteroatoms. The molecule has 0 aromatic heterocycles. The number of hydrogen-bond donors (Lipinski definition) is 2. The van der Waals surface area contributed by atoms with Gasteiger partial charge in [0.15, 0.2) is 0 Å². The molecule has 1 saturated heterocycles. The minimum atomic E-state index is -3.02. The zero-order valence-corrected chi connectivity index (χ0v) is 11.7. The maximum Gasteiger partial charge on any atom is 0.315 e. The fourth-order valence-electron chi connectivity index (χ4n) is 2.68. The van der Waals surface area contributed by atoms with Crippen molar-refractivity contribution >= 4 is 5.91 Å². The summed E-state index contributed by atoms with van der Waals surface area (Å²) in [7, 11) is 0. The van der Waals surface area contributed by atoms with E-state index in [1.807, 2.05) is 30.3 Å². The topological polar surface area (TPSA) is 52.6 Å². The fourth-order valence-corrected chi connectivity index (χ4v) is 2.68. The van der Waals surface area contributed by atoms with Crippen molar-refractivity contribution in [3.05, 3.63) is 35.9 Å². The van der Waals surface area contributed by atoms with Crippen LogP contribution in [-0.2, 0) is 11.3 Å². The number of amides is 1. The van der Waals surface area contributed by atoms with Gasteiger partial charge in [-0.3, -0.25) is 9.69 Å². The number of hydrogen-bond acceptors (Lipinski definition) is 3. The first-order chi connectivity index (χ1) is 10.1. The molecule has 2 rings (SSSR count). The first kappa shape index (κ1) is 15.9. The van der Waals surface area contributed by atoms with Gasteiger partial charge in [-0.15, -0.1) is 0 Å². The van der Waals surface area contributed by atoms with Gasteiger partial charge in [0.05, 0.1) is 0 Å². The van der Waals surface area contributed by atoms with Crippen molar-refractivity contribution in [2.45, 2.75) is 25.4 Å². The molecule has 1 aliphatic rings. The molecule has 1 heterocycles. The number of carbonyl (C=O) groups excluding carboxylic acids is 1. The molecule has 0 bridgehead atoms. The second kappa shape index (κ2) is 7.47. The molecule has 0 saturated carbocycles. The van der Waals surface area contributed by atoms with Gasteiger partial charge < -0.3 is 10.4 Å². The number of rotatable bonds is 5. The molecule has 0 unspecified atom stereocenters. The second-order valence-electron chi connectivity index (χ2n) is 5.37. The summed E-state index contributed by atoms with van der Waals surface area (Å²) in [6, 6.07) is 9.41. The number of nitrogens with one attached hydrogen (secondary N) is 1. The highest BCUT2D eigenvalue weighted by atomic mass is 19.3. The molecule has 0 spiro atoms. The second-order valence-corrected chi connectivity index (χ2v) is 5.37. The van der Waals surface area contributed by atoms with Crippen molar-refractivity contribution in [2.75, 3.05) is 19.7 Å². The lowest BCUT2D eigenvalue weighted by Gasteiger charge is -2.38. The number of aliphatic hydroxyl groups excluding tert-OH is 1. The molecule has 4 nitrogen and oxygen atoms in total. The third kappa shape index (κ3) is 4.47. The number of halogens is 2. The third-order valence-corrected chi connectivity index (χ3v) is 3.85. The molecule has 1 aliphatic heterocycles. The summed E-state index contributed by atoms with van der Waals surface area (Å²) in [5.41, 5.74) is 1.14. The minimum absolute atomic E-state index is 0.104. The Morgan fingerprint density at radius 2 is 2.10 bits per heavy atom. The zero-order chi connectivity index (χ0) is 15.2. The van der Waals surface area contributed by atoms with Crippen molar-refractivity contribution in [1.29, 1.82) is 0 Å². The van der Waals surface area contributed by atoms with Gasteiger partial charge in [0, 0.05) is 31.7 Å². The van der Waals surface area contributed by atoms with Crippen LogP contribution in [0.5, 0.6) is 0 Å². The lowest BCUT2D eigenvalue weighted by atomic mass is 9.92. The molecule has 21 heavy (non-hydrogen) atoms. The normalized spacial score (nSPS) is 23.2. The number of alkyl halides is 2. The average Bonchev–Trinajstić information content (AvgIpc) is 2.48. The van der Waals surface area contributed by atoms with Crippen molar-refractivity contribution < 1.29 is 18.7 Å². The van der Waals surface area contributed by atoms with Gasteiger partial charge in [0.25, 0.3) is 5.91 Å². The summed E-state index contributed by atoms with van der Waals surface area (Å²) >= 11 is 0. The summed E-state index contributed by atoms with van der Waals surface area (Å²) in [6.07, 6.45) is -2.34. The standard InChI is InChI=1S/C15H20F2N2O2/c16-14(17)15(21)18-13-9-19(7-6-12(13)10-20)8-11-4-2-1-3-5-11/h1-5,12-14,20H,6-10H2,(H,18,21)/t12-,13-/m1/s1. The monoisotopic (exact) mass is 298 g/mol. The van der Waals surface area contributed by atoms with Crippen molar-refractivity contribution in [3.8, 4) is 0 Å². The Bertz CT molecular complexity index is 456. The van der Waals surface area contributed by atoms with Crippen LogP contribution >= 0.6 is 0 Å². The SMILES string of the molecule is O=C(N[C@@H]1CN(Cc2ccccc2)CC[C@@H]1CO)C(F)F. The van der Waals surface area contributed by atoms with E-state index in [4.69, 9.17) is 0 Å². The van der Waals surface area contributed by atoms with Gasteiger partial charge in [-0.05, 0) is 18.5 Å². The van der Waals surface area contributed by atoms with Crippen LogP contribution in [0.4, 0.5) is 8.78 Å². The van der Waals surface area contributed by atoms with Gasteiger partial charge in [0.1, 0.15) is 0 Å². The van der Waals surface area contributed by atoms with Gasteiger partial charge in [-0.1, -0.05) is 30.3 Å². The predicted molar refractivity (Wildman–Crippen MR) is 74.8 cm³/mol. The van der Waals surface area contributed by atoms with E-state index in [-0.39, 0.29) is 12.5 Å². The Kier molecular flexibility index (Phi) is 5.64.